The van der Waals surface area contributed by atoms with Gasteiger partial charge in [0.15, 0.2) is 0 Å². The third-order valence-electron chi connectivity index (χ3n) is 1.84. The van der Waals surface area contributed by atoms with E-state index in [0.29, 0.717) is 6.61 Å². The summed E-state index contributed by atoms with van der Waals surface area (Å²) in [6, 6.07) is 0.0488. The van der Waals surface area contributed by atoms with E-state index in [9.17, 15) is 4.79 Å². The minimum atomic E-state index is -0.0189. The Labute approximate surface area is 80.2 Å². The van der Waals surface area contributed by atoms with Crippen LogP contribution in [0.1, 0.15) is 20.8 Å². The van der Waals surface area contributed by atoms with Crippen LogP contribution in [-0.4, -0.2) is 43.8 Å². The lowest BCUT2D eigenvalue weighted by molar-refractivity contribution is 0.161. The number of urea groups is 1. The molecule has 78 valence electrons. The second-order valence-corrected chi connectivity index (χ2v) is 2.98. The summed E-state index contributed by atoms with van der Waals surface area (Å²) in [6.45, 7) is 7.87. The van der Waals surface area contributed by atoms with Crippen LogP contribution in [0.2, 0.25) is 0 Å². The number of carbonyl (C=O) groups is 1. The fraction of sp³-hybridized carbons (Fsp3) is 0.889. The highest BCUT2D eigenvalue weighted by Gasteiger charge is 2.11. The fourth-order valence-corrected chi connectivity index (χ4v) is 1.10. The molecular formula is C9H20N2O2. The molecule has 4 heteroatoms. The van der Waals surface area contributed by atoms with Gasteiger partial charge >= 0.3 is 6.03 Å². The topological polar surface area (TPSA) is 41.6 Å². The van der Waals surface area contributed by atoms with Crippen LogP contribution in [0.3, 0.4) is 0 Å². The van der Waals surface area contributed by atoms with Crippen LogP contribution in [-0.2, 0) is 4.74 Å². The molecule has 1 unspecified atom stereocenters. The van der Waals surface area contributed by atoms with Crippen molar-refractivity contribution in [1.82, 2.24) is 10.2 Å². The number of carbonyl (C=O) groups excluding carboxylic acids is 1. The molecule has 4 nitrogen and oxygen atoms in total. The third kappa shape index (κ3) is 4.72. The molecule has 0 spiro atoms. The highest BCUT2D eigenvalue weighted by Crippen LogP contribution is 1.90. The molecule has 0 aliphatic heterocycles. The predicted molar refractivity (Wildman–Crippen MR) is 52.8 cm³/mol. The molecule has 0 aliphatic rings. The van der Waals surface area contributed by atoms with E-state index in [4.69, 9.17) is 4.74 Å². The van der Waals surface area contributed by atoms with Gasteiger partial charge in [-0.15, -0.1) is 0 Å². The van der Waals surface area contributed by atoms with E-state index in [2.05, 4.69) is 5.32 Å². The predicted octanol–water partition coefficient (Wildman–Crippen LogP) is 1.07. The van der Waals surface area contributed by atoms with E-state index in [0.717, 1.165) is 13.1 Å². The van der Waals surface area contributed by atoms with Crippen LogP contribution in [0.4, 0.5) is 4.79 Å². The Balaban J connectivity index is 3.83. The monoisotopic (exact) mass is 188 g/mol. The molecule has 0 aliphatic carbocycles. The number of ether oxygens (including phenoxy) is 1. The van der Waals surface area contributed by atoms with E-state index >= 15 is 0 Å². The number of methoxy groups -OCH3 is 1. The second kappa shape index (κ2) is 6.71. The van der Waals surface area contributed by atoms with Crippen LogP contribution in [0, 0.1) is 0 Å². The largest absolute Gasteiger partial charge is 0.383 e. The Bertz CT molecular complexity index is 147. The van der Waals surface area contributed by atoms with Crippen molar-refractivity contribution >= 4 is 6.03 Å². The molecule has 0 aromatic heterocycles. The van der Waals surface area contributed by atoms with Gasteiger partial charge < -0.3 is 15.0 Å². The van der Waals surface area contributed by atoms with E-state index in [-0.39, 0.29) is 12.1 Å². The molecular weight excluding hydrogens is 168 g/mol. The quantitative estimate of drug-likeness (QED) is 0.701. The van der Waals surface area contributed by atoms with Crippen LogP contribution in [0.5, 0.6) is 0 Å². The molecule has 13 heavy (non-hydrogen) atoms. The number of amides is 2. The van der Waals surface area contributed by atoms with Crippen molar-refractivity contribution in [3.63, 3.8) is 0 Å². The standard InChI is InChI=1S/C9H20N2O2/c1-5-11(6-2)9(12)10-8(3)7-13-4/h8H,5-7H2,1-4H3,(H,10,12). The lowest BCUT2D eigenvalue weighted by Crippen LogP contribution is -2.45. The summed E-state index contributed by atoms with van der Waals surface area (Å²) in [5.74, 6) is 0. The Morgan fingerprint density at radius 2 is 2.00 bits per heavy atom. The maximum absolute atomic E-state index is 11.4. The van der Waals surface area contributed by atoms with Crippen LogP contribution < -0.4 is 5.32 Å². The Morgan fingerprint density at radius 3 is 2.38 bits per heavy atom. The molecule has 0 aromatic rings. The molecule has 0 fully saturated rings. The van der Waals surface area contributed by atoms with Crippen molar-refractivity contribution < 1.29 is 9.53 Å². The summed E-state index contributed by atoms with van der Waals surface area (Å²) in [7, 11) is 1.63. The first-order valence-corrected chi connectivity index (χ1v) is 4.70. The van der Waals surface area contributed by atoms with Crippen molar-refractivity contribution in [3.05, 3.63) is 0 Å². The van der Waals surface area contributed by atoms with Crippen molar-refractivity contribution in [2.24, 2.45) is 0 Å². The molecule has 0 aromatic carbocycles. The van der Waals surface area contributed by atoms with Gasteiger partial charge in [0, 0.05) is 20.2 Å². The Hall–Kier alpha value is -0.770. The number of nitrogens with zero attached hydrogens (tertiary/aromatic N) is 1. The zero-order valence-corrected chi connectivity index (χ0v) is 8.96. The van der Waals surface area contributed by atoms with Gasteiger partial charge in [-0.1, -0.05) is 0 Å². The Morgan fingerprint density at radius 1 is 1.46 bits per heavy atom. The summed E-state index contributed by atoms with van der Waals surface area (Å²) >= 11 is 0. The minimum Gasteiger partial charge on any atom is -0.383 e. The lowest BCUT2D eigenvalue weighted by atomic mass is 10.4. The van der Waals surface area contributed by atoms with Crippen molar-refractivity contribution in [3.8, 4) is 0 Å². The van der Waals surface area contributed by atoms with E-state index in [1.165, 1.54) is 0 Å². The number of nitrogens with one attached hydrogen (secondary N) is 1. The molecule has 1 atom stereocenters. The SMILES string of the molecule is CCN(CC)C(=O)NC(C)COC. The maximum Gasteiger partial charge on any atom is 0.317 e. The van der Waals surface area contributed by atoms with Gasteiger partial charge in [-0.2, -0.15) is 0 Å². The zero-order chi connectivity index (χ0) is 10.3. The summed E-state index contributed by atoms with van der Waals surface area (Å²) in [5, 5.41) is 2.84. The number of hydrogen-bond donors (Lipinski definition) is 1. The lowest BCUT2D eigenvalue weighted by Gasteiger charge is -2.22. The Kier molecular flexibility index (Phi) is 6.32. The normalized spacial score (nSPS) is 12.3. The van der Waals surface area contributed by atoms with Gasteiger partial charge in [-0.3, -0.25) is 0 Å². The molecule has 0 heterocycles. The first-order valence-electron chi connectivity index (χ1n) is 4.70. The number of rotatable bonds is 5. The molecule has 0 rings (SSSR count). The second-order valence-electron chi connectivity index (χ2n) is 2.98. The van der Waals surface area contributed by atoms with Crippen LogP contribution >= 0.6 is 0 Å². The minimum absolute atomic E-state index is 0.0189. The molecule has 0 saturated heterocycles. The van der Waals surface area contributed by atoms with E-state index in [1.54, 1.807) is 12.0 Å². The van der Waals surface area contributed by atoms with Crippen molar-refractivity contribution in [2.75, 3.05) is 26.8 Å². The van der Waals surface area contributed by atoms with Gasteiger partial charge in [0.05, 0.1) is 12.6 Å². The molecule has 1 N–H and O–H groups in total. The summed E-state index contributed by atoms with van der Waals surface area (Å²) in [6.07, 6.45) is 0. The molecule has 0 bridgehead atoms. The third-order valence-corrected chi connectivity index (χ3v) is 1.84. The summed E-state index contributed by atoms with van der Waals surface area (Å²) in [4.78, 5) is 13.2. The van der Waals surface area contributed by atoms with Crippen molar-refractivity contribution in [2.45, 2.75) is 26.8 Å². The highest BCUT2D eigenvalue weighted by molar-refractivity contribution is 5.74. The van der Waals surface area contributed by atoms with Crippen LogP contribution in [0.15, 0.2) is 0 Å². The van der Waals surface area contributed by atoms with E-state index in [1.807, 2.05) is 20.8 Å². The highest BCUT2D eigenvalue weighted by atomic mass is 16.5. The first kappa shape index (κ1) is 12.2. The summed E-state index contributed by atoms with van der Waals surface area (Å²) in [5.41, 5.74) is 0. The van der Waals surface area contributed by atoms with Crippen LogP contribution in [0.25, 0.3) is 0 Å². The molecule has 0 radical (unpaired) electrons. The van der Waals surface area contributed by atoms with Gasteiger partial charge in [-0.25, -0.2) is 4.79 Å². The average Bonchev–Trinajstić information content (AvgIpc) is 2.06. The fourth-order valence-electron chi connectivity index (χ4n) is 1.10. The van der Waals surface area contributed by atoms with E-state index < -0.39 is 0 Å². The van der Waals surface area contributed by atoms with Crippen molar-refractivity contribution in [1.29, 1.82) is 0 Å². The molecule has 0 saturated carbocycles. The average molecular weight is 188 g/mol. The zero-order valence-electron chi connectivity index (χ0n) is 8.96. The van der Waals surface area contributed by atoms with Gasteiger partial charge in [0.25, 0.3) is 0 Å². The van der Waals surface area contributed by atoms with Gasteiger partial charge in [0.2, 0.25) is 0 Å². The summed E-state index contributed by atoms with van der Waals surface area (Å²) < 4.78 is 4.92. The first-order chi connectivity index (χ1) is 6.15. The van der Waals surface area contributed by atoms with Gasteiger partial charge in [0.1, 0.15) is 0 Å². The number of hydrogen-bond acceptors (Lipinski definition) is 2. The molecule has 2 amide bonds. The smallest absolute Gasteiger partial charge is 0.317 e. The maximum atomic E-state index is 11.4. The van der Waals surface area contributed by atoms with Gasteiger partial charge in [-0.05, 0) is 20.8 Å².